The lowest BCUT2D eigenvalue weighted by Crippen LogP contribution is -2.25. The third-order valence-corrected chi connectivity index (χ3v) is 8.68. The van der Waals surface area contributed by atoms with Crippen LogP contribution in [-0.2, 0) is 0 Å². The van der Waals surface area contributed by atoms with Crippen LogP contribution >= 0.6 is 0 Å². The Morgan fingerprint density at radius 1 is 0.733 bits per heavy atom. The fourth-order valence-electron chi connectivity index (χ4n) is 6.80. The largest absolute Gasteiger partial charge is 0.205 e. The summed E-state index contributed by atoms with van der Waals surface area (Å²) < 4.78 is 28.0. The van der Waals surface area contributed by atoms with E-state index in [0.29, 0.717) is 0 Å². The van der Waals surface area contributed by atoms with Crippen LogP contribution in [0.2, 0.25) is 0 Å². The first-order chi connectivity index (χ1) is 14.6. The van der Waals surface area contributed by atoms with Gasteiger partial charge in [-0.05, 0) is 85.8 Å². The van der Waals surface area contributed by atoms with Gasteiger partial charge in [-0.2, -0.15) is 5.26 Å². The van der Waals surface area contributed by atoms with Crippen molar-refractivity contribution in [3.63, 3.8) is 0 Å². The van der Waals surface area contributed by atoms with Crippen LogP contribution in [0.15, 0.2) is 12.1 Å². The molecule has 3 aliphatic carbocycles. The number of rotatable bonds is 6. The van der Waals surface area contributed by atoms with Crippen molar-refractivity contribution in [3.05, 3.63) is 34.9 Å². The summed E-state index contributed by atoms with van der Waals surface area (Å²) in [6, 6.07) is 4.41. The molecule has 0 radical (unpaired) electrons. The zero-order valence-electron chi connectivity index (χ0n) is 18.4. The fraction of sp³-hybridized carbons (Fsp3) is 0.741. The normalized spacial score (nSPS) is 30.3. The maximum atomic E-state index is 14.0. The number of benzene rings is 1. The van der Waals surface area contributed by atoms with Gasteiger partial charge in [-0.3, -0.25) is 0 Å². The molecule has 1 aromatic carbocycles. The number of hydrogen-bond acceptors (Lipinski definition) is 1. The molecule has 0 amide bonds. The van der Waals surface area contributed by atoms with Gasteiger partial charge in [0.25, 0.3) is 0 Å². The van der Waals surface area contributed by atoms with Gasteiger partial charge in [0.15, 0.2) is 0 Å². The Morgan fingerprint density at radius 2 is 1.23 bits per heavy atom. The van der Waals surface area contributed by atoms with Crippen molar-refractivity contribution < 1.29 is 8.78 Å². The topological polar surface area (TPSA) is 23.8 Å². The van der Waals surface area contributed by atoms with E-state index in [1.807, 2.05) is 0 Å². The van der Waals surface area contributed by atoms with Crippen LogP contribution in [0.3, 0.4) is 0 Å². The van der Waals surface area contributed by atoms with Crippen molar-refractivity contribution in [2.45, 2.75) is 102 Å². The maximum Gasteiger partial charge on any atom is 0.144 e. The Bertz CT molecular complexity index is 707. The Kier molecular flexibility index (Phi) is 7.45. The van der Waals surface area contributed by atoms with Gasteiger partial charge < -0.3 is 0 Å². The molecule has 0 bridgehead atoms. The molecule has 3 fully saturated rings. The van der Waals surface area contributed by atoms with Crippen molar-refractivity contribution in [2.24, 2.45) is 23.7 Å². The lowest BCUT2D eigenvalue weighted by atomic mass is 9.68. The standard InChI is InChI=1S/C27H37F2N/c28-26-16-24(17-27(29)25(26)18-30)23-14-12-22(13-15-23)21-10-8-20(9-11-21)7-3-6-19-4-1-2-5-19/h16-17,19-23H,1-15H2/t20-,21-,22-,23-. The van der Waals surface area contributed by atoms with Crippen molar-refractivity contribution in [1.29, 1.82) is 5.26 Å². The van der Waals surface area contributed by atoms with Gasteiger partial charge in [0.1, 0.15) is 23.3 Å². The smallest absolute Gasteiger partial charge is 0.144 e. The minimum atomic E-state index is -0.708. The Morgan fingerprint density at radius 3 is 1.77 bits per heavy atom. The van der Waals surface area contributed by atoms with E-state index in [1.165, 1.54) is 95.6 Å². The molecule has 0 atom stereocenters. The van der Waals surface area contributed by atoms with Gasteiger partial charge in [-0.15, -0.1) is 0 Å². The first-order valence-electron chi connectivity index (χ1n) is 12.5. The zero-order chi connectivity index (χ0) is 20.9. The van der Waals surface area contributed by atoms with Crippen LogP contribution in [0.5, 0.6) is 0 Å². The summed E-state index contributed by atoms with van der Waals surface area (Å²) in [6.45, 7) is 0. The number of nitrogens with zero attached hydrogens (tertiary/aromatic N) is 1. The Hall–Kier alpha value is -1.43. The molecule has 3 saturated carbocycles. The molecule has 0 N–H and O–H groups in total. The van der Waals surface area contributed by atoms with Crippen LogP contribution in [-0.4, -0.2) is 0 Å². The molecular formula is C27H37F2N. The van der Waals surface area contributed by atoms with Gasteiger partial charge in [0, 0.05) is 0 Å². The molecule has 0 spiro atoms. The predicted molar refractivity (Wildman–Crippen MR) is 117 cm³/mol. The summed E-state index contributed by atoms with van der Waals surface area (Å²) in [4.78, 5) is 0. The third-order valence-electron chi connectivity index (χ3n) is 8.68. The molecule has 1 nitrogen and oxygen atoms in total. The summed E-state index contributed by atoms with van der Waals surface area (Å²) in [6.07, 6.45) is 20.3. The molecule has 3 aliphatic rings. The molecule has 164 valence electrons. The maximum absolute atomic E-state index is 14.0. The van der Waals surface area contributed by atoms with E-state index in [9.17, 15) is 8.78 Å². The third kappa shape index (κ3) is 5.24. The van der Waals surface area contributed by atoms with E-state index < -0.39 is 17.2 Å². The molecule has 0 heterocycles. The summed E-state index contributed by atoms with van der Waals surface area (Å²) >= 11 is 0. The van der Waals surface area contributed by atoms with Gasteiger partial charge in [0.05, 0.1) is 0 Å². The highest BCUT2D eigenvalue weighted by molar-refractivity contribution is 5.36. The Balaban J connectivity index is 1.19. The lowest BCUT2D eigenvalue weighted by Gasteiger charge is -2.38. The molecule has 30 heavy (non-hydrogen) atoms. The van der Waals surface area contributed by atoms with Crippen LogP contribution < -0.4 is 0 Å². The highest BCUT2D eigenvalue weighted by Gasteiger charge is 2.31. The monoisotopic (exact) mass is 413 g/mol. The van der Waals surface area contributed by atoms with Gasteiger partial charge in [0.2, 0.25) is 0 Å². The van der Waals surface area contributed by atoms with E-state index in [1.54, 1.807) is 6.07 Å². The van der Waals surface area contributed by atoms with Gasteiger partial charge >= 0.3 is 0 Å². The molecule has 0 unspecified atom stereocenters. The quantitative estimate of drug-likeness (QED) is 0.460. The second-order valence-electron chi connectivity index (χ2n) is 10.4. The fourth-order valence-corrected chi connectivity index (χ4v) is 6.80. The average molecular weight is 414 g/mol. The highest BCUT2D eigenvalue weighted by Crippen LogP contribution is 2.45. The van der Waals surface area contributed by atoms with Crippen LogP contribution in [0.4, 0.5) is 8.78 Å². The molecule has 0 saturated heterocycles. The van der Waals surface area contributed by atoms with Crippen LogP contribution in [0.25, 0.3) is 0 Å². The van der Waals surface area contributed by atoms with Crippen LogP contribution in [0.1, 0.15) is 113 Å². The van der Waals surface area contributed by atoms with Crippen molar-refractivity contribution in [3.8, 4) is 6.07 Å². The zero-order valence-corrected chi connectivity index (χ0v) is 18.4. The number of halogens is 2. The van der Waals surface area contributed by atoms with E-state index in [2.05, 4.69) is 0 Å². The minimum absolute atomic E-state index is 0.241. The molecule has 3 heteroatoms. The van der Waals surface area contributed by atoms with E-state index in [0.717, 1.165) is 42.1 Å². The minimum Gasteiger partial charge on any atom is -0.205 e. The average Bonchev–Trinajstić information content (AvgIpc) is 3.28. The number of nitriles is 1. The van der Waals surface area contributed by atoms with Crippen LogP contribution in [0, 0.1) is 46.6 Å². The van der Waals surface area contributed by atoms with E-state index in [-0.39, 0.29) is 5.92 Å². The SMILES string of the molecule is N#Cc1c(F)cc([C@H]2CC[C@H]([C@H]3CC[C@H](CCCC4CCCC4)CC3)CC2)cc1F. The Labute approximate surface area is 181 Å². The molecular weight excluding hydrogens is 376 g/mol. The van der Waals surface area contributed by atoms with Gasteiger partial charge in [-0.25, -0.2) is 8.78 Å². The summed E-state index contributed by atoms with van der Waals surface area (Å²) in [5.74, 6) is 2.49. The summed E-state index contributed by atoms with van der Waals surface area (Å²) in [7, 11) is 0. The predicted octanol–water partition coefficient (Wildman–Crippen LogP) is 8.28. The molecule has 0 aromatic heterocycles. The van der Waals surface area contributed by atoms with Gasteiger partial charge in [-0.1, -0.05) is 57.8 Å². The first kappa shape index (κ1) is 21.8. The highest BCUT2D eigenvalue weighted by atomic mass is 19.1. The second kappa shape index (κ2) is 10.3. The molecule has 1 aromatic rings. The lowest BCUT2D eigenvalue weighted by molar-refractivity contribution is 0.155. The first-order valence-corrected chi connectivity index (χ1v) is 12.5. The van der Waals surface area contributed by atoms with E-state index in [4.69, 9.17) is 5.26 Å². The van der Waals surface area contributed by atoms with Crippen molar-refractivity contribution in [2.75, 3.05) is 0 Å². The summed E-state index contributed by atoms with van der Waals surface area (Å²) in [5.41, 5.74) is 0.292. The van der Waals surface area contributed by atoms with E-state index >= 15 is 0 Å². The van der Waals surface area contributed by atoms with Crippen molar-refractivity contribution in [1.82, 2.24) is 0 Å². The second-order valence-corrected chi connectivity index (χ2v) is 10.4. The summed E-state index contributed by atoms with van der Waals surface area (Å²) in [5, 5.41) is 8.87. The van der Waals surface area contributed by atoms with Crippen molar-refractivity contribution >= 4 is 0 Å². The number of hydrogen-bond donors (Lipinski definition) is 0. The molecule has 0 aliphatic heterocycles. The molecule has 4 rings (SSSR count).